The summed E-state index contributed by atoms with van der Waals surface area (Å²) in [4.78, 5) is 13.3. The Morgan fingerprint density at radius 1 is 0.411 bits per heavy atom. The molecule has 2 aliphatic rings. The van der Waals surface area contributed by atoms with E-state index < -0.39 is 86.8 Å². The first kappa shape index (κ1) is 83.3. The van der Waals surface area contributed by atoms with Gasteiger partial charge in [-0.1, -0.05) is 304 Å². The Morgan fingerprint density at radius 3 is 1.18 bits per heavy atom. The van der Waals surface area contributed by atoms with Crippen LogP contribution >= 0.6 is 0 Å². The molecule has 2 rings (SSSR count). The summed E-state index contributed by atoms with van der Waals surface area (Å²) >= 11 is 0. The van der Waals surface area contributed by atoms with Crippen LogP contribution in [0, 0.1) is 0 Å². The molecule has 0 aromatic heterocycles. The van der Waals surface area contributed by atoms with Crippen LogP contribution in [0.3, 0.4) is 0 Å². The molecule has 14 nitrogen and oxygen atoms in total. The number of carbonyl (C=O) groups excluding carboxylic acids is 1. The van der Waals surface area contributed by atoms with Gasteiger partial charge < -0.3 is 65.1 Å². The van der Waals surface area contributed by atoms with Gasteiger partial charge in [-0.3, -0.25) is 4.79 Å². The third-order valence-electron chi connectivity index (χ3n) is 17.6. The van der Waals surface area contributed by atoms with Crippen molar-refractivity contribution in [2.45, 2.75) is 370 Å². The van der Waals surface area contributed by atoms with E-state index in [0.717, 1.165) is 83.5 Å². The Balaban J connectivity index is 1.67. The molecule has 12 unspecified atom stereocenters. The number of unbranched alkanes of at least 4 members (excludes halogenated alkanes) is 35. The lowest BCUT2D eigenvalue weighted by molar-refractivity contribution is -0.359. The molecule has 0 aromatic carbocycles. The van der Waals surface area contributed by atoms with Crippen LogP contribution in [-0.2, 0) is 23.7 Å². The third kappa shape index (κ3) is 43.2. The largest absolute Gasteiger partial charge is 0.394 e. The minimum Gasteiger partial charge on any atom is -0.394 e. The molecule has 522 valence electrons. The van der Waals surface area contributed by atoms with Gasteiger partial charge in [0.2, 0.25) is 5.91 Å². The highest BCUT2D eigenvalue weighted by Crippen LogP contribution is 2.30. The predicted octanol–water partition coefficient (Wildman–Crippen LogP) is 15.6. The van der Waals surface area contributed by atoms with Crippen molar-refractivity contribution in [3.8, 4) is 0 Å². The summed E-state index contributed by atoms with van der Waals surface area (Å²) in [6.07, 6.45) is 66.5. The summed E-state index contributed by atoms with van der Waals surface area (Å²) in [5.74, 6) is -0.263. The molecule has 2 fully saturated rings. The monoisotopic (exact) mass is 1270 g/mol. The molecule has 0 spiro atoms. The summed E-state index contributed by atoms with van der Waals surface area (Å²) in [6.45, 7) is 2.70. The molecule has 2 saturated heterocycles. The normalized spacial score (nSPS) is 23.4. The molecular weight excluding hydrogens is 1130 g/mol. The second kappa shape index (κ2) is 59.9. The fourth-order valence-electron chi connectivity index (χ4n) is 11.8. The molecule has 14 heteroatoms. The molecule has 9 N–H and O–H groups in total. The van der Waals surface area contributed by atoms with Crippen LogP contribution in [0.1, 0.15) is 296 Å². The molecule has 2 heterocycles. The molecule has 0 bridgehead atoms. The predicted molar refractivity (Wildman–Crippen MR) is 369 cm³/mol. The maximum atomic E-state index is 13.3. The van der Waals surface area contributed by atoms with Crippen molar-refractivity contribution in [2.75, 3.05) is 19.8 Å². The molecule has 0 saturated carbocycles. The summed E-state index contributed by atoms with van der Waals surface area (Å²) in [5, 5.41) is 87.5. The first-order chi connectivity index (χ1) is 44.1. The summed E-state index contributed by atoms with van der Waals surface area (Å²) in [6, 6.07) is -0.936. The van der Waals surface area contributed by atoms with Crippen molar-refractivity contribution < 1.29 is 64.6 Å². The summed E-state index contributed by atoms with van der Waals surface area (Å²) in [7, 11) is 0. The highest BCUT2D eigenvalue weighted by molar-refractivity contribution is 5.76. The Bertz CT molecular complexity index is 1830. The lowest BCUT2D eigenvalue weighted by atomic mass is 9.97. The average Bonchev–Trinajstić information content (AvgIpc) is 1.28. The van der Waals surface area contributed by atoms with Gasteiger partial charge in [0.25, 0.3) is 0 Å². The number of amides is 1. The van der Waals surface area contributed by atoms with Crippen LogP contribution in [0.5, 0.6) is 0 Å². The molecule has 1 amide bonds. The van der Waals surface area contributed by atoms with Crippen LogP contribution in [0.2, 0.25) is 0 Å². The maximum absolute atomic E-state index is 13.3. The molecule has 90 heavy (non-hydrogen) atoms. The standard InChI is InChI=1S/C76H135NO13/c1-3-5-7-9-11-13-15-17-19-21-23-25-27-28-29-30-31-32-33-34-35-36-38-39-41-43-45-47-49-51-53-55-57-59-65(80)64(63-87-75-73(86)71(84)74(67(62-79)89-75)90-76-72(85)70(83)69(82)66(61-78)88-76)77-68(81)60-58-56-54-52-50-48-46-44-42-40-37-26-24-22-20-18-16-14-12-10-8-6-4-2/h6,8,12,14,18,20,24,26,40,42,46,48,57,59,64-67,69-76,78-80,82-86H,3-5,7,9-11,13,15-17,19,21-23,25,27-39,41,43-45,47,49-56,58,60-63H2,1-2H3,(H,77,81)/b8-6-,14-12-,20-18-,26-24-,42-40-,48-46-,59-57+. The first-order valence-electron chi connectivity index (χ1n) is 36.8. The van der Waals surface area contributed by atoms with E-state index in [1.54, 1.807) is 6.08 Å². The Morgan fingerprint density at radius 2 is 0.767 bits per heavy atom. The number of hydrogen-bond acceptors (Lipinski definition) is 13. The van der Waals surface area contributed by atoms with E-state index in [4.69, 9.17) is 18.9 Å². The van der Waals surface area contributed by atoms with E-state index >= 15 is 0 Å². The number of hydrogen-bond donors (Lipinski definition) is 9. The summed E-state index contributed by atoms with van der Waals surface area (Å²) in [5.41, 5.74) is 0. The summed E-state index contributed by atoms with van der Waals surface area (Å²) < 4.78 is 22.9. The van der Waals surface area contributed by atoms with Crippen molar-refractivity contribution in [1.82, 2.24) is 5.32 Å². The second-order valence-electron chi connectivity index (χ2n) is 25.7. The van der Waals surface area contributed by atoms with Crippen molar-refractivity contribution >= 4 is 5.91 Å². The number of aliphatic hydroxyl groups is 8. The molecular formula is C76H135NO13. The first-order valence-corrected chi connectivity index (χ1v) is 36.8. The number of rotatable bonds is 60. The highest BCUT2D eigenvalue weighted by atomic mass is 16.7. The zero-order chi connectivity index (χ0) is 65.2. The van der Waals surface area contributed by atoms with E-state index in [2.05, 4.69) is 92.1 Å². The Kier molecular flexibility index (Phi) is 55.4. The Hall–Kier alpha value is -2.83. The van der Waals surface area contributed by atoms with Gasteiger partial charge in [-0.2, -0.15) is 0 Å². The van der Waals surface area contributed by atoms with E-state index in [0.29, 0.717) is 6.42 Å². The van der Waals surface area contributed by atoms with Crippen molar-refractivity contribution in [2.24, 2.45) is 0 Å². The van der Waals surface area contributed by atoms with Crippen LogP contribution in [-0.4, -0.2) is 140 Å². The number of ether oxygens (including phenoxy) is 4. The van der Waals surface area contributed by atoms with Gasteiger partial charge in [0.1, 0.15) is 48.8 Å². The topological polar surface area (TPSA) is 228 Å². The lowest BCUT2D eigenvalue weighted by Gasteiger charge is -2.46. The zero-order valence-corrected chi connectivity index (χ0v) is 56.9. The van der Waals surface area contributed by atoms with E-state index in [-0.39, 0.29) is 18.9 Å². The van der Waals surface area contributed by atoms with Crippen LogP contribution in [0.15, 0.2) is 85.1 Å². The molecule has 12 atom stereocenters. The zero-order valence-electron chi connectivity index (χ0n) is 56.9. The van der Waals surface area contributed by atoms with E-state index in [9.17, 15) is 45.6 Å². The third-order valence-corrected chi connectivity index (χ3v) is 17.6. The minimum atomic E-state index is -1.80. The molecule has 2 aliphatic heterocycles. The average molecular weight is 1270 g/mol. The van der Waals surface area contributed by atoms with Gasteiger partial charge in [0.05, 0.1) is 32.0 Å². The van der Waals surface area contributed by atoms with Crippen molar-refractivity contribution in [3.05, 3.63) is 85.1 Å². The van der Waals surface area contributed by atoms with Gasteiger partial charge >= 0.3 is 0 Å². The number of nitrogens with one attached hydrogen (secondary N) is 1. The van der Waals surface area contributed by atoms with Crippen molar-refractivity contribution in [1.29, 1.82) is 0 Å². The Labute approximate surface area is 548 Å². The fourth-order valence-corrected chi connectivity index (χ4v) is 11.8. The van der Waals surface area contributed by atoms with Crippen LogP contribution < -0.4 is 5.32 Å². The van der Waals surface area contributed by atoms with Crippen LogP contribution in [0.4, 0.5) is 0 Å². The maximum Gasteiger partial charge on any atom is 0.220 e. The van der Waals surface area contributed by atoms with Gasteiger partial charge in [-0.05, 0) is 70.6 Å². The van der Waals surface area contributed by atoms with Gasteiger partial charge in [0, 0.05) is 6.42 Å². The molecule has 0 aromatic rings. The number of carbonyl (C=O) groups is 1. The van der Waals surface area contributed by atoms with E-state index in [1.165, 1.54) is 186 Å². The smallest absolute Gasteiger partial charge is 0.220 e. The second-order valence-corrected chi connectivity index (χ2v) is 25.7. The van der Waals surface area contributed by atoms with Gasteiger partial charge in [-0.25, -0.2) is 0 Å². The quantitative estimate of drug-likeness (QED) is 0.0204. The molecule has 0 aliphatic carbocycles. The van der Waals surface area contributed by atoms with E-state index in [1.807, 2.05) is 6.08 Å². The van der Waals surface area contributed by atoms with Gasteiger partial charge in [-0.15, -0.1) is 0 Å². The van der Waals surface area contributed by atoms with Gasteiger partial charge in [0.15, 0.2) is 12.6 Å². The number of allylic oxidation sites excluding steroid dienone is 13. The fraction of sp³-hybridized carbons (Fsp3) is 0.803. The SMILES string of the molecule is CC/C=C\C/C=C\C/C=C\C/C=C\C/C=C\C/C=C\CCCCCCC(=O)NC(COC1OC(CO)C(OC2OC(CO)C(O)C(O)C2O)C(O)C1O)C(O)/C=C/CCCCCCCCCCCCCCCCCCCCCCCCCCCCCCCCC. The number of aliphatic hydroxyl groups excluding tert-OH is 8. The lowest BCUT2D eigenvalue weighted by Crippen LogP contribution is -2.65. The van der Waals surface area contributed by atoms with Crippen molar-refractivity contribution in [3.63, 3.8) is 0 Å². The van der Waals surface area contributed by atoms with Crippen LogP contribution in [0.25, 0.3) is 0 Å². The highest BCUT2D eigenvalue weighted by Gasteiger charge is 2.51. The molecule has 0 radical (unpaired) electrons. The minimum absolute atomic E-state index is 0.247.